The van der Waals surface area contributed by atoms with Crippen molar-refractivity contribution in [2.45, 2.75) is 6.43 Å². The molecule has 0 bridgehead atoms. The van der Waals surface area contributed by atoms with Crippen LogP contribution < -0.4 is 0 Å². The lowest BCUT2D eigenvalue weighted by atomic mass is 11.5. The molecule has 0 atom stereocenters. The summed E-state index contributed by atoms with van der Waals surface area (Å²) in [6.07, 6.45) is -5.50. The highest BCUT2D eigenvalue weighted by molar-refractivity contribution is 4.08. The Morgan fingerprint density at radius 1 is 1.00 bits per heavy atom. The van der Waals surface area contributed by atoms with Gasteiger partial charge in [-0.25, -0.2) is 0 Å². The fourth-order valence-electron chi connectivity index (χ4n) is 0. The Kier molecular flexibility index (Phi) is 0.794. The van der Waals surface area contributed by atoms with Crippen LogP contribution in [0.2, 0.25) is 0 Å². The normalized spacial score (nSPS) is 12.0. The monoisotopic (exact) mass is 89.0 g/mol. The Balaban J connectivity index is 0. The van der Waals surface area contributed by atoms with Gasteiger partial charge in [0.15, 0.2) is 0 Å². The minimum atomic E-state index is -5.50. The van der Waals surface area contributed by atoms with Gasteiger partial charge in [0.05, 0.1) is 0 Å². The lowest BCUT2D eigenvalue weighted by Gasteiger charge is -1.82. The van der Waals surface area contributed by atoms with Crippen LogP contribution in [0.1, 0.15) is 1.43 Å². The first kappa shape index (κ1) is 4.72. The smallest absolute Gasteiger partial charge is 0.140 e. The van der Waals surface area contributed by atoms with Crippen molar-refractivity contribution in [3.8, 4) is 0 Å². The topological polar surface area (TPSA) is 0 Å². The predicted molar refractivity (Wildman–Crippen MR) is 8.28 cm³/mol. The third kappa shape index (κ3) is 140. The van der Waals surface area contributed by atoms with E-state index in [0.717, 1.165) is 0 Å². The maximum atomic E-state index is 9.69. The molecule has 32 valence electrons. The van der Waals surface area contributed by atoms with Crippen molar-refractivity contribution in [1.82, 2.24) is 0 Å². The highest BCUT2D eigenvalue weighted by Gasteiger charge is 2.24. The van der Waals surface area contributed by atoms with Crippen LogP contribution in [0.5, 0.6) is 0 Å². The molecule has 0 aliphatic rings. The van der Waals surface area contributed by atoms with Crippen LogP contribution in [0.4, 0.5) is 17.6 Å². The van der Waals surface area contributed by atoms with Gasteiger partial charge in [-0.2, -0.15) is 0 Å². The van der Waals surface area contributed by atoms with Crippen molar-refractivity contribution < 1.29 is 19.0 Å². The van der Waals surface area contributed by atoms with Crippen LogP contribution in [0.15, 0.2) is 0 Å². The molecule has 0 unspecified atom stereocenters. The molecule has 0 radical (unpaired) electrons. The summed E-state index contributed by atoms with van der Waals surface area (Å²) >= 11 is 0. The Bertz CT molecular complexity index is 23.0. The highest BCUT2D eigenvalue weighted by atomic mass is 19.5. The van der Waals surface area contributed by atoms with Crippen LogP contribution in [0, 0.1) is 0 Å². The van der Waals surface area contributed by atoms with Crippen LogP contribution in [-0.4, -0.2) is 6.43 Å². The molecule has 0 nitrogen and oxygen atoms in total. The van der Waals surface area contributed by atoms with Gasteiger partial charge in [-0.3, -0.25) is 0 Å². The van der Waals surface area contributed by atoms with Crippen LogP contribution >= 0.6 is 0 Å². The molecule has 0 aromatic rings. The van der Waals surface area contributed by atoms with Gasteiger partial charge in [0, 0.05) is 0 Å². The molecule has 5 heavy (non-hydrogen) atoms. The Morgan fingerprint density at radius 2 is 1.00 bits per heavy atom. The van der Waals surface area contributed by atoms with E-state index >= 15 is 0 Å². The quantitative estimate of drug-likeness (QED) is 0.395. The van der Waals surface area contributed by atoms with Gasteiger partial charge >= 0.3 is 7.86 Å². The largest absolute Gasteiger partial charge is 1.00 e. The molecule has 0 aliphatic carbocycles. The molecule has 0 N–H and O–H groups in total. The van der Waals surface area contributed by atoms with Crippen molar-refractivity contribution in [3.63, 3.8) is 0 Å². The first-order valence-corrected chi connectivity index (χ1v) is 0.756. The maximum absolute atomic E-state index is 9.69. The zero-order chi connectivity index (χ0) is 4.50. The summed E-state index contributed by atoms with van der Waals surface area (Å²) in [4.78, 5) is 0. The molecule has 0 aliphatic heterocycles. The van der Waals surface area contributed by atoms with Gasteiger partial charge < -0.3 is 0 Å². The molecule has 0 aromatic heterocycles. The molecule has 0 saturated carbocycles. The molecular formula is CHF4+. The molecular weight excluding hydrogens is 88.0 g/mol. The summed E-state index contributed by atoms with van der Waals surface area (Å²) in [7, 11) is 0. The SMILES string of the molecule is FC(F)(F)F.[H+]. The van der Waals surface area contributed by atoms with Gasteiger partial charge in [-0.1, -0.05) is 0 Å². The zero-order valence-electron chi connectivity index (χ0n) is 3.01. The number of rotatable bonds is 0. The molecule has 0 heterocycles. The van der Waals surface area contributed by atoms with Crippen molar-refractivity contribution in [2.24, 2.45) is 0 Å². The Morgan fingerprint density at radius 3 is 1.00 bits per heavy atom. The number of alkyl halides is 4. The maximum Gasteiger partial charge on any atom is 1.00 e. The second kappa shape index (κ2) is 0.841. The van der Waals surface area contributed by atoms with Crippen LogP contribution in [-0.2, 0) is 0 Å². The van der Waals surface area contributed by atoms with Gasteiger partial charge in [-0.15, -0.1) is 17.6 Å². The minimum Gasteiger partial charge on any atom is -0.140 e. The second-order valence-electron chi connectivity index (χ2n) is 0.429. The van der Waals surface area contributed by atoms with E-state index in [9.17, 15) is 17.6 Å². The predicted octanol–water partition coefficient (Wildman–Crippen LogP) is 1.59. The van der Waals surface area contributed by atoms with Gasteiger partial charge in [0.1, 0.15) is 0 Å². The van der Waals surface area contributed by atoms with Crippen LogP contribution in [0.3, 0.4) is 0 Å². The van der Waals surface area contributed by atoms with Crippen LogP contribution in [0.25, 0.3) is 0 Å². The summed E-state index contributed by atoms with van der Waals surface area (Å²) in [5.74, 6) is 0. The van der Waals surface area contributed by atoms with E-state index in [2.05, 4.69) is 0 Å². The van der Waals surface area contributed by atoms with E-state index in [1.54, 1.807) is 0 Å². The van der Waals surface area contributed by atoms with E-state index in [4.69, 9.17) is 0 Å². The molecule has 0 saturated heterocycles. The first-order chi connectivity index (χ1) is 2.00. The highest BCUT2D eigenvalue weighted by Crippen LogP contribution is 2.13. The van der Waals surface area contributed by atoms with E-state index in [0.29, 0.717) is 0 Å². The van der Waals surface area contributed by atoms with E-state index in [-0.39, 0.29) is 1.43 Å². The molecule has 0 rings (SSSR count). The van der Waals surface area contributed by atoms with E-state index < -0.39 is 6.43 Å². The van der Waals surface area contributed by atoms with E-state index in [1.807, 2.05) is 0 Å². The lowest BCUT2D eigenvalue weighted by molar-refractivity contribution is -0.237. The Labute approximate surface area is 26.9 Å². The van der Waals surface area contributed by atoms with Crippen molar-refractivity contribution >= 4 is 0 Å². The number of halogens is 4. The molecule has 0 aromatic carbocycles. The molecule has 4 heteroatoms. The number of hydrogen-bond acceptors (Lipinski definition) is 0. The minimum absolute atomic E-state index is 0. The van der Waals surface area contributed by atoms with Gasteiger partial charge in [-0.05, 0) is 0 Å². The van der Waals surface area contributed by atoms with Crippen molar-refractivity contribution in [1.29, 1.82) is 0 Å². The summed E-state index contributed by atoms with van der Waals surface area (Å²) in [5, 5.41) is 0. The third-order valence-electron chi connectivity index (χ3n) is 0. The molecule has 0 amide bonds. The summed E-state index contributed by atoms with van der Waals surface area (Å²) in [6, 6.07) is 0. The summed E-state index contributed by atoms with van der Waals surface area (Å²) in [6.45, 7) is 0. The lowest BCUT2D eigenvalue weighted by Crippen LogP contribution is -1.92. The average Bonchev–Trinajstić information content (AvgIpc) is 0.722. The Hall–Kier alpha value is -0.280. The first-order valence-electron chi connectivity index (χ1n) is 0.756. The summed E-state index contributed by atoms with van der Waals surface area (Å²) in [5.41, 5.74) is 0. The average molecular weight is 89.0 g/mol. The zero-order valence-corrected chi connectivity index (χ0v) is 2.01. The summed E-state index contributed by atoms with van der Waals surface area (Å²) < 4.78 is 38.8. The third-order valence-corrected chi connectivity index (χ3v) is 0. The van der Waals surface area contributed by atoms with E-state index in [1.165, 1.54) is 0 Å². The molecule has 0 spiro atoms. The molecule has 0 fully saturated rings. The number of hydrogen-bond donors (Lipinski definition) is 0. The fraction of sp³-hybridized carbons (Fsp3) is 1.00. The van der Waals surface area contributed by atoms with Gasteiger partial charge in [0.2, 0.25) is 0 Å². The standard InChI is InChI=1S/CF4/c2-1(3,4)5/p+1. The van der Waals surface area contributed by atoms with Crippen molar-refractivity contribution in [2.75, 3.05) is 0 Å². The van der Waals surface area contributed by atoms with Gasteiger partial charge in [0.25, 0.3) is 0 Å². The fourth-order valence-corrected chi connectivity index (χ4v) is 0. The second-order valence-corrected chi connectivity index (χ2v) is 0.429. The van der Waals surface area contributed by atoms with Crippen molar-refractivity contribution in [3.05, 3.63) is 0 Å².